The summed E-state index contributed by atoms with van der Waals surface area (Å²) in [4.78, 5) is 4.16. The van der Waals surface area contributed by atoms with E-state index < -0.39 is 0 Å². The van der Waals surface area contributed by atoms with E-state index in [1.165, 1.54) is 12.8 Å². The average Bonchev–Trinajstić information content (AvgIpc) is 2.94. The molecular formula is C12H14ClNO. The van der Waals surface area contributed by atoms with Crippen LogP contribution in [0.3, 0.4) is 0 Å². The average molecular weight is 224 g/mol. The van der Waals surface area contributed by atoms with E-state index in [9.17, 15) is 0 Å². The van der Waals surface area contributed by atoms with Gasteiger partial charge in [0.25, 0.3) is 0 Å². The van der Waals surface area contributed by atoms with Crippen LogP contribution in [0.5, 0.6) is 5.88 Å². The lowest BCUT2D eigenvalue weighted by atomic mass is 10.2. The molecule has 0 aliphatic heterocycles. The van der Waals surface area contributed by atoms with E-state index in [1.54, 1.807) is 18.3 Å². The van der Waals surface area contributed by atoms with Crippen LogP contribution in [-0.2, 0) is 0 Å². The summed E-state index contributed by atoms with van der Waals surface area (Å²) in [7, 11) is 0. The van der Waals surface area contributed by atoms with E-state index in [-0.39, 0.29) is 0 Å². The zero-order valence-electron chi connectivity index (χ0n) is 8.79. The highest BCUT2D eigenvalue weighted by molar-refractivity contribution is 6.32. The summed E-state index contributed by atoms with van der Waals surface area (Å²) in [6, 6.07) is 1.74. The molecule has 2 nitrogen and oxygen atoms in total. The maximum atomic E-state index is 6.00. The first-order valence-corrected chi connectivity index (χ1v) is 5.42. The third-order valence-corrected chi connectivity index (χ3v) is 3.09. The first-order chi connectivity index (χ1) is 7.14. The lowest BCUT2D eigenvalue weighted by Crippen LogP contribution is -2.10. The molecule has 1 aliphatic carbocycles. The minimum absolute atomic E-state index is 0.350. The highest BCUT2D eigenvalue weighted by Crippen LogP contribution is 2.45. The van der Waals surface area contributed by atoms with Crippen LogP contribution in [0.1, 0.15) is 25.3 Å². The smallest absolute Gasteiger partial charge is 0.222 e. The van der Waals surface area contributed by atoms with Crippen molar-refractivity contribution in [2.75, 3.05) is 6.61 Å². The lowest BCUT2D eigenvalue weighted by molar-refractivity contribution is 0.238. The van der Waals surface area contributed by atoms with Gasteiger partial charge in [-0.25, -0.2) is 4.98 Å². The largest absolute Gasteiger partial charge is 0.477 e. The van der Waals surface area contributed by atoms with Gasteiger partial charge in [0.1, 0.15) is 0 Å². The molecule has 1 aromatic rings. The number of nitrogens with zero attached hydrogens (tertiary/aromatic N) is 1. The number of hydrogen-bond donors (Lipinski definition) is 0. The van der Waals surface area contributed by atoms with Crippen LogP contribution in [0.25, 0.3) is 6.08 Å². The topological polar surface area (TPSA) is 22.1 Å². The van der Waals surface area contributed by atoms with Crippen LogP contribution in [0, 0.1) is 5.41 Å². The first kappa shape index (κ1) is 10.5. The number of hydrogen-bond acceptors (Lipinski definition) is 2. The summed E-state index contributed by atoms with van der Waals surface area (Å²) in [5, 5.41) is 0.635. The van der Waals surface area contributed by atoms with Gasteiger partial charge in [0.15, 0.2) is 0 Å². The quantitative estimate of drug-likeness (QED) is 0.779. The SMILES string of the molecule is C=Cc1c(Cl)ccnc1OCC1(C)CC1. The number of halogens is 1. The summed E-state index contributed by atoms with van der Waals surface area (Å²) in [6.07, 6.45) is 5.80. The summed E-state index contributed by atoms with van der Waals surface area (Å²) in [5.41, 5.74) is 1.13. The zero-order chi connectivity index (χ0) is 10.9. The predicted molar refractivity (Wildman–Crippen MR) is 62.2 cm³/mol. The molecule has 1 fully saturated rings. The molecule has 1 saturated carbocycles. The van der Waals surface area contributed by atoms with Gasteiger partial charge in [-0.15, -0.1) is 0 Å². The number of aromatic nitrogens is 1. The molecule has 0 bridgehead atoms. The van der Waals surface area contributed by atoms with Crippen molar-refractivity contribution in [1.29, 1.82) is 0 Å². The van der Waals surface area contributed by atoms with E-state index in [0.717, 1.165) is 5.56 Å². The second-order valence-corrected chi connectivity index (χ2v) is 4.72. The van der Waals surface area contributed by atoms with Crippen molar-refractivity contribution in [2.24, 2.45) is 5.41 Å². The van der Waals surface area contributed by atoms with Gasteiger partial charge in [0, 0.05) is 11.6 Å². The monoisotopic (exact) mass is 223 g/mol. The van der Waals surface area contributed by atoms with E-state index in [2.05, 4.69) is 18.5 Å². The summed E-state index contributed by atoms with van der Waals surface area (Å²) in [6.45, 7) is 6.63. The zero-order valence-corrected chi connectivity index (χ0v) is 9.55. The summed E-state index contributed by atoms with van der Waals surface area (Å²) < 4.78 is 5.67. The van der Waals surface area contributed by atoms with E-state index in [0.29, 0.717) is 22.9 Å². The van der Waals surface area contributed by atoms with Gasteiger partial charge in [-0.05, 0) is 18.9 Å². The second-order valence-electron chi connectivity index (χ2n) is 4.32. The van der Waals surface area contributed by atoms with Gasteiger partial charge in [-0.3, -0.25) is 0 Å². The molecule has 0 unspecified atom stereocenters. The lowest BCUT2D eigenvalue weighted by Gasteiger charge is -2.12. The maximum absolute atomic E-state index is 6.00. The normalized spacial score (nSPS) is 17.2. The Morgan fingerprint density at radius 3 is 3.00 bits per heavy atom. The molecule has 15 heavy (non-hydrogen) atoms. The van der Waals surface area contributed by atoms with Crippen LogP contribution in [0.15, 0.2) is 18.8 Å². The molecule has 0 aromatic carbocycles. The van der Waals surface area contributed by atoms with Crippen molar-refractivity contribution < 1.29 is 4.74 Å². The van der Waals surface area contributed by atoms with Crippen molar-refractivity contribution in [2.45, 2.75) is 19.8 Å². The van der Waals surface area contributed by atoms with Gasteiger partial charge in [0.2, 0.25) is 5.88 Å². The molecule has 0 atom stereocenters. The standard InChI is InChI=1S/C12H14ClNO/c1-3-9-10(13)4-7-14-11(9)15-8-12(2)5-6-12/h3-4,7H,1,5-6,8H2,2H3. The molecule has 0 N–H and O–H groups in total. The Morgan fingerprint density at radius 2 is 2.40 bits per heavy atom. The predicted octanol–water partition coefficient (Wildman–Crippen LogP) is 3.56. The van der Waals surface area contributed by atoms with Gasteiger partial charge < -0.3 is 4.74 Å². The van der Waals surface area contributed by atoms with Crippen LogP contribution in [0.2, 0.25) is 5.02 Å². The van der Waals surface area contributed by atoms with Crippen molar-refractivity contribution in [3.8, 4) is 5.88 Å². The summed E-state index contributed by atoms with van der Waals surface area (Å²) >= 11 is 6.00. The molecule has 3 heteroatoms. The fourth-order valence-electron chi connectivity index (χ4n) is 1.33. The van der Waals surface area contributed by atoms with E-state index in [1.807, 2.05) is 0 Å². The molecule has 2 rings (SSSR count). The highest BCUT2D eigenvalue weighted by atomic mass is 35.5. The molecule has 0 spiro atoms. The Kier molecular flexibility index (Phi) is 2.70. The Bertz CT molecular complexity index is 385. The number of rotatable bonds is 4. The molecule has 80 valence electrons. The fraction of sp³-hybridized carbons (Fsp3) is 0.417. The van der Waals surface area contributed by atoms with E-state index in [4.69, 9.17) is 16.3 Å². The molecule has 1 aliphatic rings. The number of pyridine rings is 1. The highest BCUT2D eigenvalue weighted by Gasteiger charge is 2.38. The number of ether oxygens (including phenoxy) is 1. The van der Waals surface area contributed by atoms with Gasteiger partial charge >= 0.3 is 0 Å². The third kappa shape index (κ3) is 2.32. The maximum Gasteiger partial charge on any atom is 0.222 e. The minimum Gasteiger partial charge on any atom is -0.477 e. The van der Waals surface area contributed by atoms with Crippen molar-refractivity contribution in [3.05, 3.63) is 29.4 Å². The van der Waals surface area contributed by atoms with Crippen LogP contribution in [-0.4, -0.2) is 11.6 Å². The van der Waals surface area contributed by atoms with Crippen LogP contribution >= 0.6 is 11.6 Å². The Labute approximate surface area is 94.9 Å². The molecule has 0 radical (unpaired) electrons. The molecular weight excluding hydrogens is 210 g/mol. The van der Waals surface area contributed by atoms with E-state index >= 15 is 0 Å². The van der Waals surface area contributed by atoms with Crippen molar-refractivity contribution in [3.63, 3.8) is 0 Å². The Balaban J connectivity index is 2.13. The van der Waals surface area contributed by atoms with Crippen LogP contribution in [0.4, 0.5) is 0 Å². The Morgan fingerprint density at radius 1 is 1.67 bits per heavy atom. The molecule has 1 aromatic heterocycles. The first-order valence-electron chi connectivity index (χ1n) is 5.04. The third-order valence-electron chi connectivity index (χ3n) is 2.77. The minimum atomic E-state index is 0.350. The molecule has 1 heterocycles. The van der Waals surface area contributed by atoms with Crippen molar-refractivity contribution in [1.82, 2.24) is 4.98 Å². The van der Waals surface area contributed by atoms with Gasteiger partial charge in [-0.2, -0.15) is 0 Å². The summed E-state index contributed by atoms with van der Waals surface area (Å²) in [5.74, 6) is 0.589. The Hall–Kier alpha value is -1.02. The van der Waals surface area contributed by atoms with Crippen LogP contribution < -0.4 is 4.74 Å². The molecule has 0 amide bonds. The van der Waals surface area contributed by atoms with Crippen molar-refractivity contribution >= 4 is 17.7 Å². The molecule has 0 saturated heterocycles. The van der Waals surface area contributed by atoms with Gasteiger partial charge in [0.05, 0.1) is 17.2 Å². The second kappa shape index (κ2) is 3.86. The fourth-order valence-corrected chi connectivity index (χ4v) is 1.55. The van der Waals surface area contributed by atoms with Gasteiger partial charge in [-0.1, -0.05) is 31.2 Å².